The molecule has 0 atom stereocenters. The number of aromatic hydroxyl groups is 1. The van der Waals surface area contributed by atoms with E-state index in [2.05, 4.69) is 10.3 Å². The van der Waals surface area contributed by atoms with E-state index in [9.17, 15) is 5.11 Å². The van der Waals surface area contributed by atoms with Crippen molar-refractivity contribution in [3.63, 3.8) is 0 Å². The fourth-order valence-corrected chi connectivity index (χ4v) is 2.97. The number of para-hydroxylation sites is 1. The average Bonchev–Trinajstić information content (AvgIpc) is 2.95. The molecule has 0 aliphatic carbocycles. The lowest BCUT2D eigenvalue weighted by Crippen LogP contribution is -2.01. The minimum atomic E-state index is 0.232. The smallest absolute Gasteiger partial charge is 0.236 e. The lowest BCUT2D eigenvalue weighted by atomic mass is 10.1. The van der Waals surface area contributed by atoms with Gasteiger partial charge in [0.25, 0.3) is 0 Å². The van der Waals surface area contributed by atoms with Gasteiger partial charge in [0.2, 0.25) is 5.78 Å². The Labute approximate surface area is 145 Å². The van der Waals surface area contributed by atoms with Crippen molar-refractivity contribution in [2.75, 3.05) is 5.32 Å². The van der Waals surface area contributed by atoms with Crippen molar-refractivity contribution in [1.82, 2.24) is 14.4 Å². The van der Waals surface area contributed by atoms with Crippen molar-refractivity contribution in [1.29, 1.82) is 0 Å². The monoisotopic (exact) mass is 330 g/mol. The van der Waals surface area contributed by atoms with Crippen molar-refractivity contribution < 1.29 is 5.11 Å². The van der Waals surface area contributed by atoms with Gasteiger partial charge in [0.15, 0.2) is 0 Å². The van der Waals surface area contributed by atoms with Crippen LogP contribution >= 0.6 is 0 Å². The molecule has 0 fully saturated rings. The van der Waals surface area contributed by atoms with Gasteiger partial charge < -0.3 is 10.4 Å². The van der Waals surface area contributed by atoms with Crippen LogP contribution in [0.3, 0.4) is 0 Å². The van der Waals surface area contributed by atoms with Crippen molar-refractivity contribution in [2.45, 2.75) is 13.8 Å². The maximum Gasteiger partial charge on any atom is 0.236 e. The number of hydrogen-bond donors (Lipinski definition) is 2. The number of benzene rings is 2. The Bertz CT molecular complexity index is 1040. The number of nitrogens with zero attached hydrogens (tertiary/aromatic N) is 3. The fraction of sp³-hybridized carbons (Fsp3) is 0.100. The molecule has 0 radical (unpaired) electrons. The summed E-state index contributed by atoms with van der Waals surface area (Å²) in [6, 6.07) is 19.1. The minimum Gasteiger partial charge on any atom is -0.508 e. The highest BCUT2D eigenvalue weighted by molar-refractivity contribution is 5.79. The second kappa shape index (κ2) is 5.94. The third kappa shape index (κ3) is 2.80. The van der Waals surface area contributed by atoms with Gasteiger partial charge in [-0.1, -0.05) is 18.2 Å². The van der Waals surface area contributed by atoms with E-state index in [1.165, 1.54) is 0 Å². The molecular formula is C20H18N4O. The highest BCUT2D eigenvalue weighted by atomic mass is 16.3. The second-order valence-corrected chi connectivity index (χ2v) is 6.02. The zero-order chi connectivity index (χ0) is 17.4. The molecule has 0 aliphatic rings. The maximum atomic E-state index is 9.57. The molecule has 0 saturated carbocycles. The number of anilines is 2. The molecule has 2 aromatic heterocycles. The molecular weight excluding hydrogens is 312 g/mol. The van der Waals surface area contributed by atoms with Crippen LogP contribution in [0.1, 0.15) is 11.4 Å². The van der Waals surface area contributed by atoms with E-state index >= 15 is 0 Å². The van der Waals surface area contributed by atoms with E-state index < -0.39 is 0 Å². The molecule has 5 heteroatoms. The van der Waals surface area contributed by atoms with E-state index in [0.29, 0.717) is 5.78 Å². The second-order valence-electron chi connectivity index (χ2n) is 6.02. The molecule has 4 aromatic rings. The summed E-state index contributed by atoms with van der Waals surface area (Å²) < 4.78 is 2.02. The van der Waals surface area contributed by atoms with Gasteiger partial charge in [0.05, 0.1) is 0 Å². The molecule has 2 aromatic carbocycles. The predicted octanol–water partition coefficient (Wildman–Crippen LogP) is 4.46. The van der Waals surface area contributed by atoms with E-state index in [4.69, 9.17) is 4.98 Å². The van der Waals surface area contributed by atoms with Crippen LogP contribution in [0, 0.1) is 13.8 Å². The summed E-state index contributed by atoms with van der Waals surface area (Å²) in [4.78, 5) is 9.30. The van der Waals surface area contributed by atoms with Gasteiger partial charge in [-0.3, -0.25) is 4.40 Å². The number of nitrogens with one attached hydrogen (secondary N) is 1. The SMILES string of the molecule is Cc1cc(C)n2c(Nc3ccccc3)c(-c3ccc(O)cc3)nc2n1. The van der Waals surface area contributed by atoms with Crippen LogP contribution in [0.25, 0.3) is 17.0 Å². The van der Waals surface area contributed by atoms with Gasteiger partial charge in [-0.05, 0) is 56.3 Å². The quantitative estimate of drug-likeness (QED) is 0.582. The van der Waals surface area contributed by atoms with Gasteiger partial charge in [-0.25, -0.2) is 9.97 Å². The maximum absolute atomic E-state index is 9.57. The summed E-state index contributed by atoms with van der Waals surface area (Å²) in [5.41, 5.74) is 4.67. The number of imidazole rings is 1. The van der Waals surface area contributed by atoms with Gasteiger partial charge in [0, 0.05) is 22.6 Å². The number of hydrogen-bond acceptors (Lipinski definition) is 4. The van der Waals surface area contributed by atoms with Crippen molar-refractivity contribution >= 4 is 17.3 Å². The van der Waals surface area contributed by atoms with Crippen LogP contribution in [0.2, 0.25) is 0 Å². The molecule has 0 unspecified atom stereocenters. The highest BCUT2D eigenvalue weighted by Gasteiger charge is 2.17. The first-order chi connectivity index (χ1) is 12.1. The van der Waals surface area contributed by atoms with Crippen LogP contribution in [0.4, 0.5) is 11.5 Å². The van der Waals surface area contributed by atoms with Crippen LogP contribution in [0.15, 0.2) is 60.7 Å². The molecule has 25 heavy (non-hydrogen) atoms. The lowest BCUT2D eigenvalue weighted by Gasteiger charge is -2.10. The summed E-state index contributed by atoms with van der Waals surface area (Å²) in [6.07, 6.45) is 0. The standard InChI is InChI=1S/C20H18N4O/c1-13-12-14(2)24-19(22-16-6-4-3-5-7-16)18(23-20(24)21-13)15-8-10-17(25)11-9-15/h3-12,22,25H,1-2H3. The summed E-state index contributed by atoms with van der Waals surface area (Å²) in [5, 5.41) is 13.0. The van der Waals surface area contributed by atoms with E-state index in [1.807, 2.05) is 66.8 Å². The van der Waals surface area contributed by atoms with Crippen LogP contribution in [0.5, 0.6) is 5.75 Å². The minimum absolute atomic E-state index is 0.232. The first-order valence-electron chi connectivity index (χ1n) is 8.10. The first kappa shape index (κ1) is 15.2. The van der Waals surface area contributed by atoms with Gasteiger partial charge in [-0.2, -0.15) is 0 Å². The zero-order valence-electron chi connectivity index (χ0n) is 14.1. The third-order valence-electron chi connectivity index (χ3n) is 4.08. The van der Waals surface area contributed by atoms with Gasteiger partial charge in [0.1, 0.15) is 17.3 Å². The fourth-order valence-electron chi connectivity index (χ4n) is 2.97. The molecule has 0 aliphatic heterocycles. The molecule has 5 nitrogen and oxygen atoms in total. The van der Waals surface area contributed by atoms with Crippen LogP contribution in [-0.2, 0) is 0 Å². The van der Waals surface area contributed by atoms with E-state index in [-0.39, 0.29) is 5.75 Å². The average molecular weight is 330 g/mol. The first-order valence-corrected chi connectivity index (χ1v) is 8.10. The van der Waals surface area contributed by atoms with Crippen molar-refractivity contribution in [3.8, 4) is 17.0 Å². The Morgan fingerprint density at radius 1 is 0.920 bits per heavy atom. The van der Waals surface area contributed by atoms with Crippen LogP contribution < -0.4 is 5.32 Å². The van der Waals surface area contributed by atoms with E-state index in [0.717, 1.165) is 34.2 Å². The predicted molar refractivity (Wildman–Crippen MR) is 99.3 cm³/mol. The van der Waals surface area contributed by atoms with E-state index in [1.54, 1.807) is 12.1 Å². The number of aromatic nitrogens is 3. The zero-order valence-corrected chi connectivity index (χ0v) is 14.1. The number of phenols is 1. The molecule has 124 valence electrons. The van der Waals surface area contributed by atoms with Crippen molar-refractivity contribution in [3.05, 3.63) is 72.1 Å². The molecule has 0 bridgehead atoms. The number of phenolic OH excluding ortho intramolecular Hbond substituents is 1. The summed E-state index contributed by atoms with van der Waals surface area (Å²) in [6.45, 7) is 4.01. The third-order valence-corrected chi connectivity index (χ3v) is 4.08. The molecule has 2 heterocycles. The highest BCUT2D eigenvalue weighted by Crippen LogP contribution is 2.32. The largest absolute Gasteiger partial charge is 0.508 e. The topological polar surface area (TPSA) is 62.5 Å². The van der Waals surface area contributed by atoms with Gasteiger partial charge in [-0.15, -0.1) is 0 Å². The van der Waals surface area contributed by atoms with Crippen molar-refractivity contribution in [2.24, 2.45) is 0 Å². The Morgan fingerprint density at radius 3 is 2.36 bits per heavy atom. The Kier molecular flexibility index (Phi) is 3.61. The van der Waals surface area contributed by atoms with Gasteiger partial charge >= 0.3 is 0 Å². The Balaban J connectivity index is 1.96. The Hall–Kier alpha value is -3.34. The normalized spacial score (nSPS) is 11.0. The molecule has 2 N–H and O–H groups in total. The molecule has 0 saturated heterocycles. The lowest BCUT2D eigenvalue weighted by molar-refractivity contribution is 0.475. The molecule has 0 amide bonds. The number of fused-ring (bicyclic) bond motifs is 1. The summed E-state index contributed by atoms with van der Waals surface area (Å²) in [7, 11) is 0. The van der Waals surface area contributed by atoms with Crippen LogP contribution in [-0.4, -0.2) is 19.5 Å². The number of aryl methyl sites for hydroxylation is 2. The Morgan fingerprint density at radius 2 is 1.64 bits per heavy atom. The number of rotatable bonds is 3. The molecule has 0 spiro atoms. The summed E-state index contributed by atoms with van der Waals surface area (Å²) in [5.74, 6) is 1.74. The summed E-state index contributed by atoms with van der Waals surface area (Å²) >= 11 is 0. The molecule has 4 rings (SSSR count).